The number of anilines is 2. The van der Waals surface area contributed by atoms with E-state index in [9.17, 15) is 14.4 Å². The summed E-state index contributed by atoms with van der Waals surface area (Å²) in [6, 6.07) is 14.5. The number of ether oxygens (including phenoxy) is 2. The van der Waals surface area contributed by atoms with E-state index in [1.54, 1.807) is 31.4 Å². The third-order valence-corrected chi connectivity index (χ3v) is 8.53. The van der Waals surface area contributed by atoms with E-state index < -0.39 is 23.8 Å². The highest BCUT2D eigenvalue weighted by Crippen LogP contribution is 2.32. The fourth-order valence-corrected chi connectivity index (χ4v) is 5.72. The van der Waals surface area contributed by atoms with Gasteiger partial charge in [0.15, 0.2) is 22.5 Å². The lowest BCUT2D eigenvalue weighted by Crippen LogP contribution is -2.32. The molecule has 46 heavy (non-hydrogen) atoms. The number of carbonyl (C=O) groups excluding carboxylic acids is 3. The largest absolute Gasteiger partial charge is 0.497 e. The molecule has 1 saturated heterocycles. The van der Waals surface area contributed by atoms with Crippen molar-refractivity contribution in [2.75, 3.05) is 51.9 Å². The van der Waals surface area contributed by atoms with Gasteiger partial charge in [-0.2, -0.15) is 0 Å². The lowest BCUT2D eigenvalue weighted by molar-refractivity contribution is -0.139. The molecule has 13 heteroatoms. The average Bonchev–Trinajstić information content (AvgIpc) is 3.08. The van der Waals surface area contributed by atoms with E-state index in [2.05, 4.69) is 42.4 Å². The molecule has 0 bridgehead atoms. The number of nitrogens with one attached hydrogen (secondary N) is 2. The number of likely N-dealkylation sites (tertiary alicyclic amines) is 1. The molecular formula is C33H42ClN7O5. The number of amides is 2. The first-order chi connectivity index (χ1) is 22.2. The van der Waals surface area contributed by atoms with Crippen molar-refractivity contribution in [3.63, 3.8) is 0 Å². The summed E-state index contributed by atoms with van der Waals surface area (Å²) in [4.78, 5) is 48.0. The van der Waals surface area contributed by atoms with Gasteiger partial charge in [-0.25, -0.2) is 9.97 Å². The molecule has 2 aromatic carbocycles. The van der Waals surface area contributed by atoms with Crippen LogP contribution in [0.5, 0.6) is 5.75 Å². The van der Waals surface area contributed by atoms with Gasteiger partial charge in [0.2, 0.25) is 0 Å². The Hall–Kier alpha value is -4.42. The van der Waals surface area contributed by atoms with Gasteiger partial charge in [-0.3, -0.25) is 14.4 Å². The average molecular weight is 652 g/mol. The molecule has 2 heterocycles. The maximum absolute atomic E-state index is 13.5. The Morgan fingerprint density at radius 3 is 2.20 bits per heavy atom. The molecule has 1 aliphatic rings. The zero-order chi connectivity index (χ0) is 33.1. The molecule has 0 saturated carbocycles. The molecule has 2 atom stereocenters. The summed E-state index contributed by atoms with van der Waals surface area (Å²) in [6.07, 6.45) is 6.01. The molecule has 0 spiro atoms. The summed E-state index contributed by atoms with van der Waals surface area (Å²) in [5.41, 5.74) is 13.9. The maximum Gasteiger partial charge on any atom is 0.325 e. The number of nitrogen functional groups attached to an aromatic ring is 2. The number of hydrogen-bond donors (Lipinski definition) is 4. The molecule has 2 amide bonds. The Morgan fingerprint density at radius 2 is 1.54 bits per heavy atom. The summed E-state index contributed by atoms with van der Waals surface area (Å²) in [5.74, 6) is -0.713. The predicted molar refractivity (Wildman–Crippen MR) is 177 cm³/mol. The number of nitrogens with two attached hydrogens (primary N) is 2. The highest BCUT2D eigenvalue weighted by atomic mass is 35.5. The third kappa shape index (κ3) is 9.54. The lowest BCUT2D eigenvalue weighted by Gasteiger charge is -2.29. The summed E-state index contributed by atoms with van der Waals surface area (Å²) < 4.78 is 9.97. The molecule has 0 aliphatic carbocycles. The minimum atomic E-state index is -0.551. The predicted octanol–water partition coefficient (Wildman–Crippen LogP) is 4.12. The molecule has 0 radical (unpaired) electrons. The molecule has 12 nitrogen and oxygen atoms in total. The van der Waals surface area contributed by atoms with Crippen LogP contribution in [0.15, 0.2) is 48.5 Å². The van der Waals surface area contributed by atoms with Crippen LogP contribution in [0.4, 0.5) is 11.6 Å². The Morgan fingerprint density at radius 1 is 0.870 bits per heavy atom. The van der Waals surface area contributed by atoms with Crippen LogP contribution in [0.25, 0.3) is 0 Å². The minimum absolute atomic E-state index is 0.0654. The van der Waals surface area contributed by atoms with Crippen molar-refractivity contribution < 1.29 is 23.9 Å². The van der Waals surface area contributed by atoms with Crippen molar-refractivity contribution in [3.8, 4) is 5.75 Å². The summed E-state index contributed by atoms with van der Waals surface area (Å²) in [6.45, 7) is 2.96. The van der Waals surface area contributed by atoms with Crippen molar-refractivity contribution in [2.45, 2.75) is 50.5 Å². The number of rotatable bonds is 14. The van der Waals surface area contributed by atoms with Crippen LogP contribution in [0.1, 0.15) is 82.5 Å². The number of esters is 1. The molecular weight excluding hydrogens is 610 g/mol. The fraction of sp³-hybridized carbons (Fsp3) is 0.424. The van der Waals surface area contributed by atoms with Crippen LogP contribution >= 0.6 is 11.6 Å². The zero-order valence-corrected chi connectivity index (χ0v) is 27.0. The van der Waals surface area contributed by atoms with Crippen molar-refractivity contribution in [3.05, 3.63) is 76.1 Å². The maximum atomic E-state index is 13.5. The smallest absolute Gasteiger partial charge is 0.325 e. The van der Waals surface area contributed by atoms with E-state index >= 15 is 0 Å². The fourth-order valence-electron chi connectivity index (χ4n) is 5.59. The molecule has 1 fully saturated rings. The van der Waals surface area contributed by atoms with Gasteiger partial charge in [0.05, 0.1) is 20.3 Å². The van der Waals surface area contributed by atoms with Gasteiger partial charge in [0.1, 0.15) is 12.3 Å². The Bertz CT molecular complexity index is 1480. The number of piperidine rings is 1. The molecule has 3 aromatic rings. The second-order valence-corrected chi connectivity index (χ2v) is 11.6. The topological polar surface area (TPSA) is 175 Å². The lowest BCUT2D eigenvalue weighted by atomic mass is 9.87. The second-order valence-electron chi connectivity index (χ2n) is 11.3. The first-order valence-corrected chi connectivity index (χ1v) is 15.8. The molecule has 246 valence electrons. The van der Waals surface area contributed by atoms with Gasteiger partial charge in [0, 0.05) is 5.56 Å². The van der Waals surface area contributed by atoms with E-state index in [1.165, 1.54) is 31.9 Å². The Balaban J connectivity index is 1.57. The second kappa shape index (κ2) is 16.8. The van der Waals surface area contributed by atoms with Gasteiger partial charge in [-0.15, -0.1) is 0 Å². The van der Waals surface area contributed by atoms with Crippen LogP contribution in [-0.4, -0.2) is 73.1 Å². The highest BCUT2D eigenvalue weighted by Gasteiger charge is 2.24. The summed E-state index contributed by atoms with van der Waals surface area (Å²) in [7, 11) is 2.90. The zero-order valence-electron chi connectivity index (χ0n) is 26.3. The Kier molecular flexibility index (Phi) is 12.6. The first kappa shape index (κ1) is 34.5. The quantitative estimate of drug-likeness (QED) is 0.186. The number of hydrogen-bond acceptors (Lipinski definition) is 10. The van der Waals surface area contributed by atoms with Crippen LogP contribution in [-0.2, 0) is 9.53 Å². The van der Waals surface area contributed by atoms with Crippen molar-refractivity contribution in [1.29, 1.82) is 0 Å². The van der Waals surface area contributed by atoms with Crippen molar-refractivity contribution in [1.82, 2.24) is 25.5 Å². The molecule has 6 N–H and O–H groups in total. The van der Waals surface area contributed by atoms with E-state index in [0.29, 0.717) is 12.0 Å². The highest BCUT2D eigenvalue weighted by molar-refractivity contribution is 6.31. The van der Waals surface area contributed by atoms with E-state index in [-0.39, 0.29) is 34.9 Å². The van der Waals surface area contributed by atoms with Gasteiger partial charge >= 0.3 is 5.97 Å². The van der Waals surface area contributed by atoms with E-state index in [0.717, 1.165) is 43.8 Å². The molecule has 1 aliphatic heterocycles. The van der Waals surface area contributed by atoms with Crippen LogP contribution in [0, 0.1) is 0 Å². The number of benzene rings is 2. The van der Waals surface area contributed by atoms with Crippen LogP contribution in [0.3, 0.4) is 0 Å². The Labute approximate surface area is 274 Å². The number of nitrogens with zero attached hydrogens (tertiary/aromatic N) is 3. The van der Waals surface area contributed by atoms with Gasteiger partial charge in [0.25, 0.3) is 11.8 Å². The van der Waals surface area contributed by atoms with Crippen LogP contribution in [0.2, 0.25) is 5.15 Å². The SMILES string of the molecule is COC(=O)CNC(=O)c1ccc(C(CCC(CCN2CCCCC2)c2ccc(OC)cc2)NC(=O)c2nc(Cl)c(N)nc2N)cc1. The minimum Gasteiger partial charge on any atom is -0.497 e. The number of methoxy groups -OCH3 is 2. The number of aromatic nitrogens is 2. The van der Waals surface area contributed by atoms with Gasteiger partial charge in [-0.1, -0.05) is 42.3 Å². The van der Waals surface area contributed by atoms with Crippen molar-refractivity contribution >= 4 is 41.0 Å². The summed E-state index contributed by atoms with van der Waals surface area (Å²) in [5, 5.41) is 5.46. The number of halogens is 1. The molecule has 4 rings (SSSR count). The summed E-state index contributed by atoms with van der Waals surface area (Å²) >= 11 is 6.06. The third-order valence-electron chi connectivity index (χ3n) is 8.25. The van der Waals surface area contributed by atoms with Crippen molar-refractivity contribution in [2.24, 2.45) is 0 Å². The van der Waals surface area contributed by atoms with Crippen LogP contribution < -0.4 is 26.8 Å². The van der Waals surface area contributed by atoms with E-state index in [1.807, 2.05) is 12.1 Å². The monoisotopic (exact) mass is 651 g/mol. The molecule has 2 unspecified atom stereocenters. The molecule has 1 aromatic heterocycles. The normalized spacial score (nSPS) is 14.6. The first-order valence-electron chi connectivity index (χ1n) is 15.4. The standard InChI is InChI=1S/C33H42ClN7O5/c1-45-25-13-10-21(11-14-25)22(16-19-41-17-4-3-5-18-41)12-15-26(38-33(44)28-30(35)40-31(36)29(34)39-28)23-6-8-24(9-7-23)32(43)37-20-27(42)46-2/h6-11,13-14,22,26H,3-5,12,15-20H2,1-2H3,(H,37,43)(H,38,44)(H4,35,36,40). The van der Waals surface area contributed by atoms with Gasteiger partial charge < -0.3 is 36.5 Å². The van der Waals surface area contributed by atoms with E-state index in [4.69, 9.17) is 27.8 Å². The number of carbonyl (C=O) groups is 3. The van der Waals surface area contributed by atoms with Gasteiger partial charge in [-0.05, 0) is 93.0 Å².